The van der Waals surface area contributed by atoms with Crippen molar-refractivity contribution < 1.29 is 14.7 Å². The molecule has 0 bridgehead atoms. The zero-order chi connectivity index (χ0) is 13.4. The molecule has 2 amide bonds. The van der Waals surface area contributed by atoms with Crippen molar-refractivity contribution in [1.82, 2.24) is 10.2 Å². The number of hydrogen-bond donors (Lipinski definition) is 2. The molecule has 1 aliphatic carbocycles. The third-order valence-electron chi connectivity index (χ3n) is 3.68. The largest absolute Gasteiger partial charge is 0.481 e. The Labute approximate surface area is 111 Å². The van der Waals surface area contributed by atoms with Crippen LogP contribution in [-0.2, 0) is 11.3 Å². The van der Waals surface area contributed by atoms with Crippen LogP contribution in [-0.4, -0.2) is 34.6 Å². The van der Waals surface area contributed by atoms with E-state index in [0.717, 1.165) is 24.0 Å². The van der Waals surface area contributed by atoms with E-state index >= 15 is 0 Å². The second-order valence-electron chi connectivity index (χ2n) is 5.19. The Balaban J connectivity index is 1.83. The average Bonchev–Trinajstić information content (AvgIpc) is 3.21. The number of fused-ring (bicyclic) bond motifs is 1. The van der Waals surface area contributed by atoms with Gasteiger partial charge in [0.15, 0.2) is 0 Å². The Morgan fingerprint density at radius 3 is 2.68 bits per heavy atom. The molecule has 1 heterocycles. The van der Waals surface area contributed by atoms with Crippen LogP contribution in [0.4, 0.5) is 4.79 Å². The summed E-state index contributed by atoms with van der Waals surface area (Å²) in [6.45, 7) is 0.726. The molecule has 2 N–H and O–H groups in total. The zero-order valence-electron chi connectivity index (χ0n) is 10.5. The maximum atomic E-state index is 12.0. The lowest BCUT2D eigenvalue weighted by molar-refractivity contribution is -0.139. The van der Waals surface area contributed by atoms with Crippen LogP contribution in [0.25, 0.3) is 0 Å². The van der Waals surface area contributed by atoms with Gasteiger partial charge in [-0.05, 0) is 24.0 Å². The van der Waals surface area contributed by atoms with Gasteiger partial charge in [0.25, 0.3) is 0 Å². The first-order valence-electron chi connectivity index (χ1n) is 6.51. The Morgan fingerprint density at radius 2 is 2.00 bits per heavy atom. The second-order valence-corrected chi connectivity index (χ2v) is 5.19. The number of urea groups is 1. The van der Waals surface area contributed by atoms with Crippen LogP contribution >= 0.6 is 0 Å². The second kappa shape index (κ2) is 4.57. The number of aliphatic carboxylic acids is 1. The molecule has 1 aliphatic heterocycles. The monoisotopic (exact) mass is 260 g/mol. The molecule has 5 nitrogen and oxygen atoms in total. The van der Waals surface area contributed by atoms with Gasteiger partial charge in [0.2, 0.25) is 0 Å². The summed E-state index contributed by atoms with van der Waals surface area (Å²) in [6, 6.07) is 7.58. The summed E-state index contributed by atoms with van der Waals surface area (Å²) in [5.41, 5.74) is 1.75. The molecule has 0 radical (unpaired) electrons. The SMILES string of the molecule is O=C(O)C1CN(C(=O)NC2CC2)Cc2ccccc21. The Morgan fingerprint density at radius 1 is 1.26 bits per heavy atom. The number of carbonyl (C=O) groups is 2. The summed E-state index contributed by atoms with van der Waals surface area (Å²) in [4.78, 5) is 25.0. The first-order valence-corrected chi connectivity index (χ1v) is 6.51. The number of carboxylic acids is 1. The first kappa shape index (κ1) is 12.0. The highest BCUT2D eigenvalue weighted by Gasteiger charge is 2.34. The fourth-order valence-corrected chi connectivity index (χ4v) is 2.47. The normalized spacial score (nSPS) is 21.7. The molecule has 1 aromatic rings. The fourth-order valence-electron chi connectivity index (χ4n) is 2.47. The van der Waals surface area contributed by atoms with Crippen molar-refractivity contribution in [3.63, 3.8) is 0 Å². The highest BCUT2D eigenvalue weighted by Crippen LogP contribution is 2.29. The molecule has 100 valence electrons. The minimum absolute atomic E-state index is 0.150. The van der Waals surface area contributed by atoms with Gasteiger partial charge in [-0.2, -0.15) is 0 Å². The van der Waals surface area contributed by atoms with Crippen LogP contribution in [0.15, 0.2) is 24.3 Å². The Hall–Kier alpha value is -2.04. The average molecular weight is 260 g/mol. The summed E-state index contributed by atoms with van der Waals surface area (Å²) in [7, 11) is 0. The summed E-state index contributed by atoms with van der Waals surface area (Å²) >= 11 is 0. The van der Waals surface area contributed by atoms with Crippen molar-refractivity contribution in [3.8, 4) is 0 Å². The topological polar surface area (TPSA) is 69.6 Å². The molecular formula is C14H16N2O3. The number of carbonyl (C=O) groups excluding carboxylic acids is 1. The lowest BCUT2D eigenvalue weighted by Gasteiger charge is -2.32. The van der Waals surface area contributed by atoms with Crippen LogP contribution < -0.4 is 5.32 Å². The number of amides is 2. The third-order valence-corrected chi connectivity index (χ3v) is 3.68. The molecule has 3 rings (SSSR count). The van der Waals surface area contributed by atoms with E-state index in [9.17, 15) is 14.7 Å². The molecule has 0 spiro atoms. The Bertz CT molecular complexity index is 525. The van der Waals surface area contributed by atoms with Gasteiger partial charge in [-0.1, -0.05) is 24.3 Å². The van der Waals surface area contributed by atoms with Gasteiger partial charge < -0.3 is 15.3 Å². The first-order chi connectivity index (χ1) is 9.15. The van der Waals surface area contributed by atoms with Crippen molar-refractivity contribution in [2.24, 2.45) is 0 Å². The maximum Gasteiger partial charge on any atom is 0.317 e. The number of benzene rings is 1. The van der Waals surface area contributed by atoms with E-state index in [4.69, 9.17) is 0 Å². The third kappa shape index (κ3) is 2.41. The van der Waals surface area contributed by atoms with E-state index in [0.29, 0.717) is 6.54 Å². The lowest BCUT2D eigenvalue weighted by Crippen LogP contribution is -2.46. The molecule has 2 aliphatic rings. The van der Waals surface area contributed by atoms with Gasteiger partial charge in [-0.25, -0.2) is 4.79 Å². The predicted molar refractivity (Wildman–Crippen MR) is 68.8 cm³/mol. The molecule has 1 unspecified atom stereocenters. The standard InChI is InChI=1S/C14H16N2O3/c17-13(18)12-8-16(14(19)15-10-5-6-10)7-9-3-1-2-4-11(9)12/h1-4,10,12H,5-8H2,(H,15,19)(H,17,18). The van der Waals surface area contributed by atoms with Crippen molar-refractivity contribution in [1.29, 1.82) is 0 Å². The van der Waals surface area contributed by atoms with Gasteiger partial charge in [-0.15, -0.1) is 0 Å². The van der Waals surface area contributed by atoms with Crippen LogP contribution in [0.3, 0.4) is 0 Å². The molecule has 5 heteroatoms. The molecule has 1 fully saturated rings. The zero-order valence-corrected chi connectivity index (χ0v) is 10.5. The van der Waals surface area contributed by atoms with Crippen molar-refractivity contribution in [2.75, 3.05) is 6.54 Å². The maximum absolute atomic E-state index is 12.0. The predicted octanol–water partition coefficient (Wildman–Crippen LogP) is 1.54. The van der Waals surface area contributed by atoms with E-state index in [-0.39, 0.29) is 18.6 Å². The van der Waals surface area contributed by atoms with Crippen molar-refractivity contribution in [3.05, 3.63) is 35.4 Å². The number of nitrogens with one attached hydrogen (secondary N) is 1. The molecule has 1 atom stereocenters. The van der Waals surface area contributed by atoms with Crippen LogP contribution in [0.5, 0.6) is 0 Å². The lowest BCUT2D eigenvalue weighted by atomic mass is 9.90. The summed E-state index contributed by atoms with van der Waals surface area (Å²) in [5, 5.41) is 12.2. The molecule has 19 heavy (non-hydrogen) atoms. The number of nitrogens with zero attached hydrogens (tertiary/aromatic N) is 1. The number of rotatable bonds is 2. The van der Waals surface area contributed by atoms with E-state index in [2.05, 4.69) is 5.32 Å². The highest BCUT2D eigenvalue weighted by molar-refractivity contribution is 5.81. The number of carboxylic acid groups (broad SMARTS) is 1. The summed E-state index contributed by atoms with van der Waals surface area (Å²) in [6.07, 6.45) is 2.05. The Kier molecular flexibility index (Phi) is 2.89. The van der Waals surface area contributed by atoms with Gasteiger partial charge >= 0.3 is 12.0 Å². The van der Waals surface area contributed by atoms with E-state index in [1.165, 1.54) is 0 Å². The molecule has 0 aromatic heterocycles. The number of hydrogen-bond acceptors (Lipinski definition) is 2. The smallest absolute Gasteiger partial charge is 0.317 e. The van der Waals surface area contributed by atoms with Gasteiger partial charge in [0.05, 0.1) is 5.92 Å². The van der Waals surface area contributed by atoms with Crippen LogP contribution in [0.2, 0.25) is 0 Å². The molecule has 0 saturated heterocycles. The summed E-state index contributed by atoms with van der Waals surface area (Å²) in [5.74, 6) is -1.51. The van der Waals surface area contributed by atoms with E-state index in [1.807, 2.05) is 24.3 Å². The molecule has 1 aromatic carbocycles. The molecule has 1 saturated carbocycles. The van der Waals surface area contributed by atoms with Crippen LogP contribution in [0.1, 0.15) is 29.9 Å². The van der Waals surface area contributed by atoms with Gasteiger partial charge in [0, 0.05) is 19.1 Å². The van der Waals surface area contributed by atoms with E-state index < -0.39 is 11.9 Å². The quantitative estimate of drug-likeness (QED) is 0.847. The van der Waals surface area contributed by atoms with Crippen LogP contribution in [0, 0.1) is 0 Å². The molecular weight excluding hydrogens is 244 g/mol. The van der Waals surface area contributed by atoms with E-state index in [1.54, 1.807) is 4.90 Å². The van der Waals surface area contributed by atoms with Crippen molar-refractivity contribution in [2.45, 2.75) is 31.3 Å². The fraction of sp³-hybridized carbons (Fsp3) is 0.429. The van der Waals surface area contributed by atoms with Gasteiger partial charge in [-0.3, -0.25) is 4.79 Å². The minimum atomic E-state index is -0.878. The minimum Gasteiger partial charge on any atom is -0.481 e. The van der Waals surface area contributed by atoms with Crippen molar-refractivity contribution >= 4 is 12.0 Å². The van der Waals surface area contributed by atoms with Gasteiger partial charge in [0.1, 0.15) is 0 Å². The highest BCUT2D eigenvalue weighted by atomic mass is 16.4. The summed E-state index contributed by atoms with van der Waals surface area (Å²) < 4.78 is 0.